The Morgan fingerprint density at radius 2 is 2.00 bits per heavy atom. The molecular weight excluding hydrogens is 196 g/mol. The van der Waals surface area contributed by atoms with Crippen LogP contribution in [-0.4, -0.2) is 57.5 Å². The normalized spacial score (nSPS) is 16.2. The molecule has 1 amide bonds. The molecule has 0 atom stereocenters. The second kappa shape index (κ2) is 9.73. The van der Waals surface area contributed by atoms with Crippen LogP contribution < -0.4 is 5.32 Å². The maximum atomic E-state index is 10.7. The number of rotatable bonds is 3. The number of hydrogen-bond acceptors (Lipinski definition) is 4. The Morgan fingerprint density at radius 1 is 1.40 bits per heavy atom. The van der Waals surface area contributed by atoms with Crippen LogP contribution in [-0.2, 0) is 9.47 Å². The SMILES string of the molecule is CC.CNC(=O)OCCN1CCOCC1. The minimum atomic E-state index is -0.367. The lowest BCUT2D eigenvalue weighted by molar-refractivity contribution is 0.0282. The van der Waals surface area contributed by atoms with Crippen molar-refractivity contribution in [3.05, 3.63) is 0 Å². The first-order valence-electron chi connectivity index (χ1n) is 5.47. The molecule has 0 aromatic heterocycles. The number of carbonyl (C=O) groups excluding carboxylic acids is 1. The van der Waals surface area contributed by atoms with Gasteiger partial charge in [0.15, 0.2) is 0 Å². The van der Waals surface area contributed by atoms with Gasteiger partial charge in [-0.05, 0) is 0 Å². The van der Waals surface area contributed by atoms with Crippen molar-refractivity contribution in [2.24, 2.45) is 0 Å². The maximum absolute atomic E-state index is 10.7. The quantitative estimate of drug-likeness (QED) is 0.757. The first kappa shape index (κ1) is 14.2. The molecular formula is C10H22N2O3. The molecule has 1 heterocycles. The number of alkyl carbamates (subject to hydrolysis) is 1. The van der Waals surface area contributed by atoms with Crippen molar-refractivity contribution in [2.45, 2.75) is 13.8 Å². The average Bonchev–Trinajstić information content (AvgIpc) is 2.33. The number of nitrogens with zero attached hydrogens (tertiary/aromatic N) is 1. The van der Waals surface area contributed by atoms with E-state index in [0.717, 1.165) is 32.8 Å². The van der Waals surface area contributed by atoms with Gasteiger partial charge in [0, 0.05) is 26.7 Å². The zero-order valence-electron chi connectivity index (χ0n) is 9.91. The number of nitrogens with one attached hydrogen (secondary N) is 1. The molecule has 0 unspecified atom stereocenters. The van der Waals surface area contributed by atoms with Crippen LogP contribution in [0.15, 0.2) is 0 Å². The molecule has 90 valence electrons. The molecule has 5 nitrogen and oxygen atoms in total. The molecule has 0 saturated carbocycles. The highest BCUT2D eigenvalue weighted by Gasteiger charge is 2.10. The van der Waals surface area contributed by atoms with Gasteiger partial charge in [0.25, 0.3) is 0 Å². The van der Waals surface area contributed by atoms with E-state index in [1.165, 1.54) is 0 Å². The van der Waals surface area contributed by atoms with E-state index in [9.17, 15) is 4.79 Å². The van der Waals surface area contributed by atoms with E-state index in [1.54, 1.807) is 7.05 Å². The molecule has 0 aromatic carbocycles. The van der Waals surface area contributed by atoms with E-state index in [4.69, 9.17) is 9.47 Å². The Bertz CT molecular complexity index is 159. The van der Waals surface area contributed by atoms with Gasteiger partial charge in [-0.2, -0.15) is 0 Å². The van der Waals surface area contributed by atoms with Crippen LogP contribution in [0.4, 0.5) is 4.79 Å². The molecule has 1 aliphatic heterocycles. The minimum Gasteiger partial charge on any atom is -0.448 e. The van der Waals surface area contributed by atoms with Gasteiger partial charge in [-0.1, -0.05) is 13.8 Å². The van der Waals surface area contributed by atoms with Crippen LogP contribution in [0.2, 0.25) is 0 Å². The largest absolute Gasteiger partial charge is 0.448 e. The number of hydrogen-bond donors (Lipinski definition) is 1. The van der Waals surface area contributed by atoms with E-state index in [1.807, 2.05) is 13.8 Å². The molecule has 1 N–H and O–H groups in total. The van der Waals surface area contributed by atoms with E-state index >= 15 is 0 Å². The molecule has 1 aliphatic rings. The molecule has 0 bridgehead atoms. The molecule has 5 heteroatoms. The maximum Gasteiger partial charge on any atom is 0.406 e. The Labute approximate surface area is 91.7 Å². The second-order valence-corrected chi connectivity index (χ2v) is 2.84. The summed E-state index contributed by atoms with van der Waals surface area (Å²) in [6.07, 6.45) is -0.367. The minimum absolute atomic E-state index is 0.367. The summed E-state index contributed by atoms with van der Waals surface area (Å²) >= 11 is 0. The summed E-state index contributed by atoms with van der Waals surface area (Å²) in [5.41, 5.74) is 0. The van der Waals surface area contributed by atoms with Gasteiger partial charge in [0.1, 0.15) is 6.61 Å². The van der Waals surface area contributed by atoms with Crippen LogP contribution in [0.3, 0.4) is 0 Å². The predicted molar refractivity (Wildman–Crippen MR) is 59.0 cm³/mol. The third-order valence-corrected chi connectivity index (χ3v) is 1.95. The Morgan fingerprint density at radius 3 is 2.53 bits per heavy atom. The highest BCUT2D eigenvalue weighted by atomic mass is 16.5. The van der Waals surface area contributed by atoms with Crippen LogP contribution in [0.5, 0.6) is 0 Å². The van der Waals surface area contributed by atoms with Crippen LogP contribution in [0.25, 0.3) is 0 Å². The highest BCUT2D eigenvalue weighted by molar-refractivity contribution is 5.66. The zero-order valence-corrected chi connectivity index (χ0v) is 9.91. The lowest BCUT2D eigenvalue weighted by Crippen LogP contribution is -2.39. The van der Waals surface area contributed by atoms with Gasteiger partial charge >= 0.3 is 6.09 Å². The van der Waals surface area contributed by atoms with E-state index in [-0.39, 0.29) is 6.09 Å². The molecule has 0 spiro atoms. The fraction of sp³-hybridized carbons (Fsp3) is 0.900. The molecule has 0 radical (unpaired) electrons. The van der Waals surface area contributed by atoms with Crippen molar-refractivity contribution in [3.8, 4) is 0 Å². The smallest absolute Gasteiger partial charge is 0.406 e. The summed E-state index contributed by atoms with van der Waals surface area (Å²) in [7, 11) is 1.55. The van der Waals surface area contributed by atoms with E-state index in [2.05, 4.69) is 10.2 Å². The first-order chi connectivity index (χ1) is 7.33. The summed E-state index contributed by atoms with van der Waals surface area (Å²) < 4.78 is 10.0. The summed E-state index contributed by atoms with van der Waals surface area (Å²) in [4.78, 5) is 12.9. The van der Waals surface area contributed by atoms with Crippen molar-refractivity contribution < 1.29 is 14.3 Å². The third kappa shape index (κ3) is 7.16. The van der Waals surface area contributed by atoms with Crippen LogP contribution in [0, 0.1) is 0 Å². The standard InChI is InChI=1S/C8H16N2O3.C2H6/c1-9-8(11)13-7-4-10-2-5-12-6-3-10;1-2/h2-7H2,1H3,(H,9,11);1-2H3. The summed E-state index contributed by atoms with van der Waals surface area (Å²) in [5.74, 6) is 0. The number of amides is 1. The molecule has 0 aromatic rings. The van der Waals surface area contributed by atoms with E-state index in [0.29, 0.717) is 6.61 Å². The van der Waals surface area contributed by atoms with Gasteiger partial charge in [-0.3, -0.25) is 4.90 Å². The number of morpholine rings is 1. The summed E-state index contributed by atoms with van der Waals surface area (Å²) in [5, 5.41) is 2.40. The lowest BCUT2D eigenvalue weighted by atomic mass is 10.4. The Balaban J connectivity index is 0.000000921. The summed E-state index contributed by atoms with van der Waals surface area (Å²) in [6.45, 7) is 8.64. The van der Waals surface area contributed by atoms with Crippen LogP contribution >= 0.6 is 0 Å². The first-order valence-corrected chi connectivity index (χ1v) is 5.47. The highest BCUT2D eigenvalue weighted by Crippen LogP contribution is 1.95. The predicted octanol–water partition coefficient (Wildman–Crippen LogP) is 0.701. The van der Waals surface area contributed by atoms with Crippen molar-refractivity contribution in [3.63, 3.8) is 0 Å². The molecule has 1 rings (SSSR count). The Kier molecular flexibility index (Phi) is 9.21. The molecule has 0 aliphatic carbocycles. The molecule has 1 saturated heterocycles. The fourth-order valence-electron chi connectivity index (χ4n) is 1.16. The van der Waals surface area contributed by atoms with Gasteiger partial charge in [-0.25, -0.2) is 4.79 Å². The van der Waals surface area contributed by atoms with Crippen LogP contribution in [0.1, 0.15) is 13.8 Å². The molecule has 15 heavy (non-hydrogen) atoms. The lowest BCUT2D eigenvalue weighted by Gasteiger charge is -2.26. The van der Waals surface area contributed by atoms with Crippen molar-refractivity contribution in [1.29, 1.82) is 0 Å². The van der Waals surface area contributed by atoms with Gasteiger partial charge in [0.2, 0.25) is 0 Å². The van der Waals surface area contributed by atoms with Crippen molar-refractivity contribution in [1.82, 2.24) is 10.2 Å². The third-order valence-electron chi connectivity index (χ3n) is 1.95. The topological polar surface area (TPSA) is 50.8 Å². The monoisotopic (exact) mass is 218 g/mol. The van der Waals surface area contributed by atoms with Gasteiger partial charge < -0.3 is 14.8 Å². The summed E-state index contributed by atoms with van der Waals surface area (Å²) in [6, 6.07) is 0. The average molecular weight is 218 g/mol. The Hall–Kier alpha value is -0.810. The number of ether oxygens (including phenoxy) is 2. The van der Waals surface area contributed by atoms with Crippen molar-refractivity contribution in [2.75, 3.05) is 46.5 Å². The zero-order chi connectivity index (χ0) is 11.5. The fourth-order valence-corrected chi connectivity index (χ4v) is 1.16. The van der Waals surface area contributed by atoms with Gasteiger partial charge in [0.05, 0.1) is 13.2 Å². The van der Waals surface area contributed by atoms with Gasteiger partial charge in [-0.15, -0.1) is 0 Å². The molecule has 1 fully saturated rings. The van der Waals surface area contributed by atoms with Crippen molar-refractivity contribution >= 4 is 6.09 Å². The second-order valence-electron chi connectivity index (χ2n) is 2.84. The number of carbonyl (C=O) groups is 1. The van der Waals surface area contributed by atoms with E-state index < -0.39 is 0 Å².